The van der Waals surface area contributed by atoms with Gasteiger partial charge in [-0.25, -0.2) is 0 Å². The SMILES string of the molecule is [2H]c1c([2H])c(N(c2ccccc2-c2cccc3c2oc2c4ccccc4ccc32)c2c([2H])c([2H])c(-c3ccc(-c4ccccc4)cc3)c([2H])c2[2H])c([2H])c([2H])c1-c1ccccc1. The Morgan fingerprint density at radius 1 is 0.333 bits per heavy atom. The van der Waals surface area contributed by atoms with Gasteiger partial charge < -0.3 is 9.32 Å². The molecule has 0 aliphatic heterocycles. The van der Waals surface area contributed by atoms with Crippen molar-refractivity contribution in [3.63, 3.8) is 0 Å². The Labute approximate surface area is 326 Å². The molecule has 0 atom stereocenters. The van der Waals surface area contributed by atoms with Crippen molar-refractivity contribution in [2.75, 3.05) is 4.90 Å². The van der Waals surface area contributed by atoms with E-state index in [0.717, 1.165) is 32.7 Å². The van der Waals surface area contributed by atoms with E-state index in [0.29, 0.717) is 39.1 Å². The van der Waals surface area contributed by atoms with Gasteiger partial charge in [0, 0.05) is 38.7 Å². The molecule has 0 bridgehead atoms. The third-order valence-corrected chi connectivity index (χ3v) is 9.84. The molecular formula is C52H35NO. The van der Waals surface area contributed by atoms with E-state index in [1.165, 1.54) is 4.90 Å². The molecule has 0 aliphatic rings. The summed E-state index contributed by atoms with van der Waals surface area (Å²) in [7, 11) is 0. The van der Waals surface area contributed by atoms with E-state index in [9.17, 15) is 11.0 Å². The number of nitrogens with zero attached hydrogens (tertiary/aromatic N) is 1. The second-order valence-electron chi connectivity index (χ2n) is 13.1. The molecule has 1 heterocycles. The molecule has 0 spiro atoms. The standard InChI is InChI=1S/C52H35NO/c1-3-12-36(13-4-1)38-22-24-39(25-23-38)41-28-33-44(34-29-41)53(43-31-26-40(27-32-43)37-14-5-2-6-15-37)50-21-10-9-18-46(50)47-19-11-20-48-49-35-30-42-16-7-8-17-45(42)51(49)54-52(47)48/h1-35H/i26D,27D,28D,29D,31D,32D,33D,34D. The first-order valence-electron chi connectivity index (χ1n) is 21.8. The van der Waals surface area contributed by atoms with Crippen LogP contribution in [0.25, 0.3) is 77.2 Å². The molecule has 10 aromatic rings. The zero-order chi connectivity index (χ0) is 42.8. The normalized spacial score (nSPS) is 13.4. The Morgan fingerprint density at radius 3 is 1.48 bits per heavy atom. The molecule has 0 N–H and O–H groups in total. The molecule has 0 unspecified atom stereocenters. The van der Waals surface area contributed by atoms with Crippen molar-refractivity contribution in [2.24, 2.45) is 0 Å². The summed E-state index contributed by atoms with van der Waals surface area (Å²) >= 11 is 0. The van der Waals surface area contributed by atoms with Crippen LogP contribution in [0.4, 0.5) is 17.1 Å². The number of rotatable bonds is 7. The van der Waals surface area contributed by atoms with Crippen LogP contribution in [0, 0.1) is 0 Å². The summed E-state index contributed by atoms with van der Waals surface area (Å²) < 4.78 is 82.6. The van der Waals surface area contributed by atoms with Gasteiger partial charge in [-0.05, 0) is 75.1 Å². The summed E-state index contributed by atoms with van der Waals surface area (Å²) in [5, 5.41) is 3.74. The molecule has 2 nitrogen and oxygen atoms in total. The van der Waals surface area contributed by atoms with Crippen LogP contribution < -0.4 is 4.90 Å². The zero-order valence-corrected chi connectivity index (χ0v) is 28.9. The van der Waals surface area contributed by atoms with Crippen LogP contribution in [0.1, 0.15) is 11.0 Å². The van der Waals surface area contributed by atoms with Gasteiger partial charge in [0.25, 0.3) is 0 Å². The number of para-hydroxylation sites is 2. The van der Waals surface area contributed by atoms with Gasteiger partial charge in [-0.15, -0.1) is 0 Å². The Balaban J connectivity index is 1.24. The first kappa shape index (κ1) is 24.2. The lowest BCUT2D eigenvalue weighted by molar-refractivity contribution is 0.674. The Morgan fingerprint density at radius 2 is 0.815 bits per heavy atom. The van der Waals surface area contributed by atoms with Crippen LogP contribution in [-0.2, 0) is 0 Å². The zero-order valence-electron chi connectivity index (χ0n) is 36.9. The third-order valence-electron chi connectivity index (χ3n) is 9.84. The number of fused-ring (bicyclic) bond motifs is 5. The lowest BCUT2D eigenvalue weighted by Crippen LogP contribution is -2.11. The highest BCUT2D eigenvalue weighted by Crippen LogP contribution is 2.45. The van der Waals surface area contributed by atoms with Crippen molar-refractivity contribution in [3.05, 3.63) is 212 Å². The maximum atomic E-state index is 9.64. The lowest BCUT2D eigenvalue weighted by Gasteiger charge is -2.28. The topological polar surface area (TPSA) is 16.4 Å². The molecule has 0 radical (unpaired) electrons. The fraction of sp³-hybridized carbons (Fsp3) is 0. The van der Waals surface area contributed by atoms with Crippen molar-refractivity contribution in [3.8, 4) is 44.5 Å². The quantitative estimate of drug-likeness (QED) is 0.165. The average molecular weight is 698 g/mol. The van der Waals surface area contributed by atoms with Crippen LogP contribution in [0.15, 0.2) is 217 Å². The maximum absolute atomic E-state index is 9.64. The van der Waals surface area contributed by atoms with Crippen molar-refractivity contribution in [2.45, 2.75) is 0 Å². The number of furan rings is 1. The predicted molar refractivity (Wildman–Crippen MR) is 228 cm³/mol. The molecule has 1 aromatic heterocycles. The van der Waals surface area contributed by atoms with Gasteiger partial charge in [-0.2, -0.15) is 0 Å². The second-order valence-corrected chi connectivity index (χ2v) is 13.1. The fourth-order valence-electron chi connectivity index (χ4n) is 7.18. The minimum atomic E-state index is -0.416. The van der Waals surface area contributed by atoms with Gasteiger partial charge in [-0.3, -0.25) is 0 Å². The van der Waals surface area contributed by atoms with Crippen LogP contribution in [0.2, 0.25) is 0 Å². The number of benzene rings is 9. The first-order valence-corrected chi connectivity index (χ1v) is 17.8. The smallest absolute Gasteiger partial charge is 0.143 e. The summed E-state index contributed by atoms with van der Waals surface area (Å²) in [4.78, 5) is 1.37. The summed E-state index contributed by atoms with van der Waals surface area (Å²) in [6.07, 6.45) is 0. The molecule has 0 amide bonds. The molecule has 2 heteroatoms. The summed E-state index contributed by atoms with van der Waals surface area (Å²) in [5.74, 6) is 0. The number of anilines is 3. The molecule has 0 fully saturated rings. The van der Waals surface area contributed by atoms with Crippen molar-refractivity contribution in [1.29, 1.82) is 0 Å². The number of hydrogen-bond donors (Lipinski definition) is 0. The summed E-state index contributed by atoms with van der Waals surface area (Å²) in [6.45, 7) is 0. The molecule has 0 saturated heterocycles. The van der Waals surface area contributed by atoms with E-state index in [-0.39, 0.29) is 46.7 Å². The molecular weight excluding hydrogens is 655 g/mol. The van der Waals surface area contributed by atoms with E-state index in [1.54, 1.807) is 48.5 Å². The largest absolute Gasteiger partial charge is 0.455 e. The second kappa shape index (κ2) is 13.4. The highest BCUT2D eigenvalue weighted by atomic mass is 16.3. The van der Waals surface area contributed by atoms with Gasteiger partial charge in [-0.1, -0.05) is 176 Å². The Bertz CT molecular complexity index is 3330. The van der Waals surface area contributed by atoms with Crippen LogP contribution in [0.5, 0.6) is 0 Å². The maximum Gasteiger partial charge on any atom is 0.143 e. The van der Waals surface area contributed by atoms with Crippen LogP contribution >= 0.6 is 0 Å². The lowest BCUT2D eigenvalue weighted by atomic mass is 9.98. The van der Waals surface area contributed by atoms with Crippen LogP contribution in [-0.4, -0.2) is 0 Å². The minimum Gasteiger partial charge on any atom is -0.455 e. The molecule has 54 heavy (non-hydrogen) atoms. The predicted octanol–water partition coefficient (Wildman–Crippen LogP) is 14.9. The molecule has 254 valence electrons. The van der Waals surface area contributed by atoms with Gasteiger partial charge in [0.1, 0.15) is 11.2 Å². The highest BCUT2D eigenvalue weighted by molar-refractivity contribution is 6.17. The Kier molecular flexibility index (Phi) is 6.01. The average Bonchev–Trinajstić information content (AvgIpc) is 3.71. The fourth-order valence-corrected chi connectivity index (χ4v) is 7.18. The highest BCUT2D eigenvalue weighted by Gasteiger charge is 2.21. The molecule has 0 saturated carbocycles. The number of hydrogen-bond acceptors (Lipinski definition) is 2. The first-order chi connectivity index (χ1) is 30.1. The van der Waals surface area contributed by atoms with E-state index in [4.69, 9.17) is 4.42 Å². The van der Waals surface area contributed by atoms with Crippen LogP contribution in [0.3, 0.4) is 0 Å². The molecule has 0 aliphatic carbocycles. The van der Waals surface area contributed by atoms with E-state index < -0.39 is 24.2 Å². The van der Waals surface area contributed by atoms with E-state index >= 15 is 0 Å². The summed E-state index contributed by atoms with van der Waals surface area (Å²) in [5.41, 5.74) is 5.42. The third kappa shape index (κ3) is 5.62. The minimum absolute atomic E-state index is 0.0925. The van der Waals surface area contributed by atoms with Gasteiger partial charge >= 0.3 is 0 Å². The molecule has 10 rings (SSSR count). The van der Waals surface area contributed by atoms with E-state index in [2.05, 4.69) is 6.07 Å². The monoisotopic (exact) mass is 697 g/mol. The summed E-state index contributed by atoms with van der Waals surface area (Å²) in [6, 6.07) is 48.0. The van der Waals surface area contributed by atoms with Gasteiger partial charge in [0.05, 0.1) is 16.7 Å². The molecule has 9 aromatic carbocycles. The van der Waals surface area contributed by atoms with E-state index in [1.807, 2.05) is 109 Å². The van der Waals surface area contributed by atoms with Crippen molar-refractivity contribution < 1.29 is 15.4 Å². The van der Waals surface area contributed by atoms with Crippen molar-refractivity contribution >= 4 is 49.8 Å². The van der Waals surface area contributed by atoms with Gasteiger partial charge in [0.2, 0.25) is 0 Å². The Hall–Kier alpha value is -7.16. The van der Waals surface area contributed by atoms with Crippen molar-refractivity contribution in [1.82, 2.24) is 0 Å². The van der Waals surface area contributed by atoms with Gasteiger partial charge in [0.15, 0.2) is 0 Å².